The molecule has 0 atom stereocenters. The molecule has 0 unspecified atom stereocenters. The molecule has 0 spiro atoms. The smallest absolute Gasteiger partial charge is 0.337 e. The monoisotopic (exact) mass is 447 g/mol. The fourth-order valence-electron chi connectivity index (χ4n) is 2.63. The maximum absolute atomic E-state index is 13.1. The van der Waals surface area contributed by atoms with Crippen LogP contribution < -0.4 is 10.0 Å². The number of nitrogens with zero attached hydrogens (tertiary/aromatic N) is 3. The number of hydrogen-bond donors (Lipinski definition) is 2. The van der Waals surface area contributed by atoms with Crippen LogP contribution in [0.2, 0.25) is 0 Å². The average Bonchev–Trinajstić information content (AvgIpc) is 3.24. The number of carbonyl (C=O) groups is 2. The van der Waals surface area contributed by atoms with Crippen molar-refractivity contribution in [1.29, 1.82) is 0 Å². The minimum atomic E-state index is -4.04. The molecule has 0 aliphatic rings. The Hall–Kier alpha value is -3.80. The first-order chi connectivity index (χ1) is 14.8. The summed E-state index contributed by atoms with van der Waals surface area (Å²) in [6.45, 7) is -0.0373. The maximum Gasteiger partial charge on any atom is 0.337 e. The Morgan fingerprint density at radius 1 is 1.16 bits per heavy atom. The molecule has 1 amide bonds. The lowest BCUT2D eigenvalue weighted by molar-refractivity contribution is -0.122. The van der Waals surface area contributed by atoms with Gasteiger partial charge in [0.25, 0.3) is 10.0 Å². The fourth-order valence-corrected chi connectivity index (χ4v) is 3.67. The Balaban J connectivity index is 1.80. The molecule has 2 N–H and O–H groups in total. The van der Waals surface area contributed by atoms with Crippen molar-refractivity contribution >= 4 is 27.6 Å². The number of hydrogen-bond acceptors (Lipinski definition) is 7. The molecule has 2 aromatic carbocycles. The number of carbonyl (C=O) groups excluding carboxylic acids is 2. The van der Waals surface area contributed by atoms with Crippen LogP contribution >= 0.6 is 0 Å². The molecule has 3 aromatic rings. The van der Waals surface area contributed by atoms with E-state index < -0.39 is 21.8 Å². The van der Waals surface area contributed by atoms with Gasteiger partial charge >= 0.3 is 5.97 Å². The molecule has 162 valence electrons. The van der Waals surface area contributed by atoms with Crippen molar-refractivity contribution < 1.29 is 27.1 Å². The number of anilines is 1. The third kappa shape index (κ3) is 5.85. The van der Waals surface area contributed by atoms with E-state index in [1.54, 1.807) is 0 Å². The first-order valence-electron chi connectivity index (χ1n) is 8.86. The molecule has 31 heavy (non-hydrogen) atoms. The molecule has 10 nitrogen and oxygen atoms in total. The van der Waals surface area contributed by atoms with Crippen molar-refractivity contribution in [3.8, 4) is 0 Å². The van der Waals surface area contributed by atoms with Gasteiger partial charge in [0.1, 0.15) is 25.0 Å². The zero-order valence-electron chi connectivity index (χ0n) is 16.3. The SMILES string of the molecule is COC(=O)c1cc(CNC(=O)Cn2cncn2)cc(NS(=O)(=O)c2ccc(F)cc2)c1. The number of benzene rings is 2. The van der Waals surface area contributed by atoms with Gasteiger partial charge in [-0.15, -0.1) is 0 Å². The lowest BCUT2D eigenvalue weighted by Crippen LogP contribution is -2.27. The highest BCUT2D eigenvalue weighted by Gasteiger charge is 2.17. The van der Waals surface area contributed by atoms with Gasteiger partial charge < -0.3 is 10.1 Å². The summed E-state index contributed by atoms with van der Waals surface area (Å²) in [6.07, 6.45) is 2.69. The minimum Gasteiger partial charge on any atom is -0.465 e. The van der Waals surface area contributed by atoms with E-state index in [0.29, 0.717) is 5.56 Å². The molecular weight excluding hydrogens is 429 g/mol. The summed E-state index contributed by atoms with van der Waals surface area (Å²) in [7, 11) is -2.84. The van der Waals surface area contributed by atoms with Crippen molar-refractivity contribution in [2.45, 2.75) is 18.0 Å². The summed E-state index contributed by atoms with van der Waals surface area (Å²) in [5, 5.41) is 6.48. The van der Waals surface area contributed by atoms with Crippen LogP contribution in [0.5, 0.6) is 0 Å². The van der Waals surface area contributed by atoms with Crippen LogP contribution in [0.15, 0.2) is 60.0 Å². The second-order valence-corrected chi connectivity index (χ2v) is 8.02. The Morgan fingerprint density at radius 2 is 1.90 bits per heavy atom. The van der Waals surface area contributed by atoms with E-state index in [2.05, 4.69) is 20.1 Å². The quantitative estimate of drug-likeness (QED) is 0.498. The van der Waals surface area contributed by atoms with Gasteiger partial charge in [0.2, 0.25) is 5.91 Å². The highest BCUT2D eigenvalue weighted by Crippen LogP contribution is 2.20. The molecule has 12 heteroatoms. The maximum atomic E-state index is 13.1. The summed E-state index contributed by atoms with van der Waals surface area (Å²) in [5.74, 6) is -1.61. The van der Waals surface area contributed by atoms with E-state index in [1.165, 1.54) is 42.6 Å². The molecule has 0 aliphatic heterocycles. The van der Waals surface area contributed by atoms with Crippen LogP contribution in [0.25, 0.3) is 0 Å². The zero-order valence-corrected chi connectivity index (χ0v) is 17.1. The second-order valence-electron chi connectivity index (χ2n) is 6.34. The number of rotatable bonds is 8. The largest absolute Gasteiger partial charge is 0.465 e. The zero-order chi connectivity index (χ0) is 22.4. The Labute approximate surface area is 177 Å². The van der Waals surface area contributed by atoms with Crippen LogP contribution in [0.4, 0.5) is 10.1 Å². The minimum absolute atomic E-state index is 0.0175. The first-order valence-corrected chi connectivity index (χ1v) is 10.3. The topological polar surface area (TPSA) is 132 Å². The van der Waals surface area contributed by atoms with Gasteiger partial charge in [0, 0.05) is 6.54 Å². The molecule has 0 saturated heterocycles. The van der Waals surface area contributed by atoms with E-state index >= 15 is 0 Å². The van der Waals surface area contributed by atoms with Gasteiger partial charge in [-0.05, 0) is 48.0 Å². The van der Waals surface area contributed by atoms with Gasteiger partial charge in [0.05, 0.1) is 23.3 Å². The number of aromatic nitrogens is 3. The van der Waals surface area contributed by atoms with Crippen molar-refractivity contribution in [1.82, 2.24) is 20.1 Å². The Morgan fingerprint density at radius 3 is 2.55 bits per heavy atom. The van der Waals surface area contributed by atoms with Crippen LogP contribution in [0.1, 0.15) is 15.9 Å². The average molecular weight is 447 g/mol. The van der Waals surface area contributed by atoms with Gasteiger partial charge in [0.15, 0.2) is 0 Å². The third-order valence-corrected chi connectivity index (χ3v) is 5.45. The number of sulfonamides is 1. The first kappa shape index (κ1) is 21.9. The predicted octanol–water partition coefficient (Wildman–Crippen LogP) is 1.32. The molecule has 0 saturated carbocycles. The van der Waals surface area contributed by atoms with Crippen LogP contribution in [-0.2, 0) is 32.6 Å². The molecule has 0 aliphatic carbocycles. The van der Waals surface area contributed by atoms with Crippen LogP contribution in [-0.4, -0.2) is 42.2 Å². The summed E-state index contributed by atoms with van der Waals surface area (Å²) < 4.78 is 46.6. The molecule has 1 heterocycles. The Kier molecular flexibility index (Phi) is 6.60. The van der Waals surface area contributed by atoms with Crippen molar-refractivity contribution in [2.75, 3.05) is 11.8 Å². The molecule has 0 bridgehead atoms. The van der Waals surface area contributed by atoms with E-state index in [0.717, 1.165) is 24.3 Å². The Bertz CT molecular complexity index is 1180. The number of methoxy groups -OCH3 is 1. The van der Waals surface area contributed by atoms with Crippen LogP contribution in [0, 0.1) is 5.82 Å². The standard InChI is InChI=1S/C19H18FN5O5S/c1-30-19(27)14-6-13(9-22-18(26)10-25-12-21-11-23-25)7-16(8-14)24-31(28,29)17-4-2-15(20)3-5-17/h2-8,11-12,24H,9-10H2,1H3,(H,22,26). The van der Waals surface area contributed by atoms with Gasteiger partial charge in [-0.1, -0.05) is 0 Å². The number of esters is 1. The third-order valence-electron chi connectivity index (χ3n) is 4.05. The lowest BCUT2D eigenvalue weighted by atomic mass is 10.1. The van der Waals surface area contributed by atoms with E-state index in [9.17, 15) is 22.4 Å². The number of nitrogens with one attached hydrogen (secondary N) is 2. The van der Waals surface area contributed by atoms with Crippen LogP contribution in [0.3, 0.4) is 0 Å². The van der Waals surface area contributed by atoms with Crippen molar-refractivity contribution in [3.63, 3.8) is 0 Å². The number of ether oxygens (including phenoxy) is 1. The fraction of sp³-hybridized carbons (Fsp3) is 0.158. The van der Waals surface area contributed by atoms with E-state index in [4.69, 9.17) is 4.74 Å². The lowest BCUT2D eigenvalue weighted by Gasteiger charge is -2.12. The van der Waals surface area contributed by atoms with Gasteiger partial charge in [-0.25, -0.2) is 27.3 Å². The summed E-state index contributed by atoms with van der Waals surface area (Å²) in [4.78, 5) is 27.6. The summed E-state index contributed by atoms with van der Waals surface area (Å²) in [6, 6.07) is 8.51. The normalized spacial score (nSPS) is 11.0. The van der Waals surface area contributed by atoms with E-state index in [-0.39, 0.29) is 35.1 Å². The van der Waals surface area contributed by atoms with Crippen molar-refractivity contribution in [3.05, 3.63) is 72.1 Å². The van der Waals surface area contributed by atoms with Gasteiger partial charge in [-0.3, -0.25) is 9.52 Å². The van der Waals surface area contributed by atoms with Crippen molar-refractivity contribution in [2.24, 2.45) is 0 Å². The summed E-state index contributed by atoms with van der Waals surface area (Å²) >= 11 is 0. The summed E-state index contributed by atoms with van der Waals surface area (Å²) in [5.41, 5.74) is 0.613. The molecule has 0 radical (unpaired) electrons. The second kappa shape index (κ2) is 9.34. The molecule has 1 aromatic heterocycles. The highest BCUT2D eigenvalue weighted by atomic mass is 32.2. The van der Waals surface area contributed by atoms with E-state index in [1.807, 2.05) is 0 Å². The number of amides is 1. The van der Waals surface area contributed by atoms with Gasteiger partial charge in [-0.2, -0.15) is 5.10 Å². The molecular formula is C19H18FN5O5S. The molecule has 3 rings (SSSR count). The predicted molar refractivity (Wildman–Crippen MR) is 107 cm³/mol. The molecule has 0 fully saturated rings. The number of halogens is 1. The highest BCUT2D eigenvalue weighted by molar-refractivity contribution is 7.92.